The van der Waals surface area contributed by atoms with Crippen LogP contribution in [-0.2, 0) is 13.1 Å². The molecule has 1 aromatic rings. The molecule has 3 heteroatoms. The van der Waals surface area contributed by atoms with E-state index in [0.29, 0.717) is 0 Å². The van der Waals surface area contributed by atoms with Gasteiger partial charge in [0.2, 0.25) is 0 Å². The van der Waals surface area contributed by atoms with Gasteiger partial charge in [-0.25, -0.2) is 0 Å². The first-order valence-electron chi connectivity index (χ1n) is 6.18. The maximum atomic E-state index is 5.46. The molecule has 1 N–H and O–H groups in total. The van der Waals surface area contributed by atoms with E-state index in [1.165, 1.54) is 31.4 Å². The molecule has 0 spiro atoms. The highest BCUT2D eigenvalue weighted by molar-refractivity contribution is 5.16. The molecule has 1 aliphatic rings. The van der Waals surface area contributed by atoms with Gasteiger partial charge in [0.05, 0.1) is 12.8 Å². The SMILES string of the molecule is CNCc1occc1CN(C)CC1CCC1. The van der Waals surface area contributed by atoms with Gasteiger partial charge in [-0.05, 0) is 38.9 Å². The fourth-order valence-electron chi connectivity index (χ4n) is 2.30. The van der Waals surface area contributed by atoms with Gasteiger partial charge in [-0.3, -0.25) is 0 Å². The van der Waals surface area contributed by atoms with Crippen LogP contribution in [0.2, 0.25) is 0 Å². The van der Waals surface area contributed by atoms with Crippen molar-refractivity contribution in [3.05, 3.63) is 23.7 Å². The van der Waals surface area contributed by atoms with E-state index in [4.69, 9.17) is 4.42 Å². The average molecular weight is 222 g/mol. The van der Waals surface area contributed by atoms with E-state index in [1.54, 1.807) is 6.26 Å². The van der Waals surface area contributed by atoms with Crippen LogP contribution in [0.5, 0.6) is 0 Å². The van der Waals surface area contributed by atoms with E-state index in [9.17, 15) is 0 Å². The third-order valence-electron chi connectivity index (χ3n) is 3.41. The molecule has 0 aliphatic heterocycles. The van der Waals surface area contributed by atoms with Crippen molar-refractivity contribution in [1.82, 2.24) is 10.2 Å². The van der Waals surface area contributed by atoms with Gasteiger partial charge < -0.3 is 14.6 Å². The Morgan fingerprint density at radius 3 is 2.94 bits per heavy atom. The zero-order chi connectivity index (χ0) is 11.4. The summed E-state index contributed by atoms with van der Waals surface area (Å²) in [5.41, 5.74) is 1.32. The second kappa shape index (κ2) is 5.51. The summed E-state index contributed by atoms with van der Waals surface area (Å²) >= 11 is 0. The Kier molecular flexibility index (Phi) is 4.02. The van der Waals surface area contributed by atoms with Crippen molar-refractivity contribution in [2.24, 2.45) is 5.92 Å². The Morgan fingerprint density at radius 1 is 1.50 bits per heavy atom. The van der Waals surface area contributed by atoms with Gasteiger partial charge in [-0.15, -0.1) is 0 Å². The van der Waals surface area contributed by atoms with E-state index in [2.05, 4.69) is 23.3 Å². The minimum atomic E-state index is 0.819. The number of hydrogen-bond donors (Lipinski definition) is 1. The second-order valence-corrected chi connectivity index (χ2v) is 4.89. The number of nitrogens with one attached hydrogen (secondary N) is 1. The lowest BCUT2D eigenvalue weighted by molar-refractivity contribution is 0.199. The molecule has 0 amide bonds. The lowest BCUT2D eigenvalue weighted by Crippen LogP contribution is -2.29. The number of nitrogens with zero attached hydrogens (tertiary/aromatic N) is 1. The molecule has 16 heavy (non-hydrogen) atoms. The van der Waals surface area contributed by atoms with Gasteiger partial charge >= 0.3 is 0 Å². The standard InChI is InChI=1S/C13H22N2O/c1-14-8-13-12(6-7-16-13)10-15(2)9-11-4-3-5-11/h6-7,11,14H,3-5,8-10H2,1-2H3. The minimum Gasteiger partial charge on any atom is -0.468 e. The number of rotatable bonds is 6. The zero-order valence-electron chi connectivity index (χ0n) is 10.3. The monoisotopic (exact) mass is 222 g/mol. The molecule has 0 aromatic carbocycles. The fourth-order valence-corrected chi connectivity index (χ4v) is 2.30. The Balaban J connectivity index is 1.84. The highest BCUT2D eigenvalue weighted by Gasteiger charge is 2.19. The van der Waals surface area contributed by atoms with Crippen LogP contribution in [0.4, 0.5) is 0 Å². The molecule has 0 unspecified atom stereocenters. The van der Waals surface area contributed by atoms with Gasteiger partial charge in [0.1, 0.15) is 5.76 Å². The summed E-state index contributed by atoms with van der Waals surface area (Å²) in [6.45, 7) is 3.05. The third kappa shape index (κ3) is 2.86. The summed E-state index contributed by atoms with van der Waals surface area (Å²) in [7, 11) is 4.15. The molecule has 1 aliphatic carbocycles. The van der Waals surface area contributed by atoms with Crippen molar-refractivity contribution >= 4 is 0 Å². The predicted octanol–water partition coefficient (Wildman–Crippen LogP) is 2.23. The topological polar surface area (TPSA) is 28.4 Å². The van der Waals surface area contributed by atoms with Crippen LogP contribution in [0, 0.1) is 5.92 Å². The quantitative estimate of drug-likeness (QED) is 0.800. The average Bonchev–Trinajstić information content (AvgIpc) is 2.60. The van der Waals surface area contributed by atoms with Gasteiger partial charge in [-0.1, -0.05) is 6.42 Å². The van der Waals surface area contributed by atoms with E-state index in [0.717, 1.165) is 24.8 Å². The Hall–Kier alpha value is -0.800. The molecule has 1 heterocycles. The van der Waals surface area contributed by atoms with Crippen LogP contribution >= 0.6 is 0 Å². The number of furan rings is 1. The first kappa shape index (κ1) is 11.7. The summed E-state index contributed by atoms with van der Waals surface area (Å²) in [6, 6.07) is 2.09. The van der Waals surface area contributed by atoms with Crippen molar-refractivity contribution in [1.29, 1.82) is 0 Å². The van der Waals surface area contributed by atoms with E-state index in [-0.39, 0.29) is 0 Å². The Morgan fingerprint density at radius 2 is 2.31 bits per heavy atom. The molecule has 90 valence electrons. The van der Waals surface area contributed by atoms with E-state index in [1.807, 2.05) is 7.05 Å². The van der Waals surface area contributed by atoms with Gasteiger partial charge in [0, 0.05) is 18.7 Å². The fraction of sp³-hybridized carbons (Fsp3) is 0.692. The summed E-state index contributed by atoms with van der Waals surface area (Å²) in [5, 5.41) is 3.13. The van der Waals surface area contributed by atoms with Crippen LogP contribution in [0.25, 0.3) is 0 Å². The summed E-state index contributed by atoms with van der Waals surface area (Å²) in [6.07, 6.45) is 6.05. The molecular weight excluding hydrogens is 200 g/mol. The maximum absolute atomic E-state index is 5.46. The van der Waals surface area contributed by atoms with Crippen LogP contribution < -0.4 is 5.32 Å². The summed E-state index contributed by atoms with van der Waals surface area (Å²) < 4.78 is 5.46. The molecule has 1 fully saturated rings. The third-order valence-corrected chi connectivity index (χ3v) is 3.41. The minimum absolute atomic E-state index is 0.819. The maximum Gasteiger partial charge on any atom is 0.122 e. The summed E-state index contributed by atoms with van der Waals surface area (Å²) in [4.78, 5) is 2.41. The largest absolute Gasteiger partial charge is 0.468 e. The molecular formula is C13H22N2O. The van der Waals surface area contributed by atoms with Crippen LogP contribution in [0.3, 0.4) is 0 Å². The highest BCUT2D eigenvalue weighted by Crippen LogP contribution is 2.27. The van der Waals surface area contributed by atoms with Crippen LogP contribution in [-0.4, -0.2) is 25.5 Å². The van der Waals surface area contributed by atoms with Crippen molar-refractivity contribution in [3.8, 4) is 0 Å². The van der Waals surface area contributed by atoms with E-state index < -0.39 is 0 Å². The molecule has 0 atom stereocenters. The van der Waals surface area contributed by atoms with Crippen LogP contribution in [0.15, 0.2) is 16.7 Å². The Bertz CT molecular complexity index is 317. The van der Waals surface area contributed by atoms with Crippen molar-refractivity contribution in [3.63, 3.8) is 0 Å². The first-order chi connectivity index (χ1) is 7.79. The molecule has 0 radical (unpaired) electrons. The normalized spacial score (nSPS) is 16.7. The van der Waals surface area contributed by atoms with Gasteiger partial charge in [0.15, 0.2) is 0 Å². The lowest BCUT2D eigenvalue weighted by atomic mass is 9.85. The lowest BCUT2D eigenvalue weighted by Gasteiger charge is -2.30. The molecule has 3 nitrogen and oxygen atoms in total. The Labute approximate surface area is 97.8 Å². The zero-order valence-corrected chi connectivity index (χ0v) is 10.3. The highest BCUT2D eigenvalue weighted by atomic mass is 16.3. The predicted molar refractivity (Wildman–Crippen MR) is 65.1 cm³/mol. The first-order valence-corrected chi connectivity index (χ1v) is 6.18. The van der Waals surface area contributed by atoms with E-state index >= 15 is 0 Å². The smallest absolute Gasteiger partial charge is 0.122 e. The van der Waals surface area contributed by atoms with Crippen molar-refractivity contribution in [2.75, 3.05) is 20.6 Å². The molecule has 1 aromatic heterocycles. The summed E-state index contributed by atoms with van der Waals surface area (Å²) in [5.74, 6) is 2.01. The van der Waals surface area contributed by atoms with Crippen LogP contribution in [0.1, 0.15) is 30.6 Å². The molecule has 1 saturated carbocycles. The molecule has 0 saturated heterocycles. The van der Waals surface area contributed by atoms with Crippen molar-refractivity contribution in [2.45, 2.75) is 32.4 Å². The molecule has 0 bridgehead atoms. The van der Waals surface area contributed by atoms with Crippen molar-refractivity contribution < 1.29 is 4.42 Å². The van der Waals surface area contributed by atoms with Gasteiger partial charge in [0.25, 0.3) is 0 Å². The van der Waals surface area contributed by atoms with Gasteiger partial charge in [-0.2, -0.15) is 0 Å². The molecule has 2 rings (SSSR count). The second-order valence-electron chi connectivity index (χ2n) is 4.89. The number of hydrogen-bond acceptors (Lipinski definition) is 3.